The quantitative estimate of drug-likeness (QED) is 0.769. The van der Waals surface area contributed by atoms with Gasteiger partial charge in [0.25, 0.3) is 15.0 Å². The molecule has 0 spiro atoms. The van der Waals surface area contributed by atoms with Gasteiger partial charge in [-0.25, -0.2) is 8.42 Å². The van der Waals surface area contributed by atoms with E-state index in [4.69, 9.17) is 33.9 Å². The first kappa shape index (κ1) is 17.6. The second-order valence-electron chi connectivity index (χ2n) is 4.39. The highest BCUT2D eigenvalue weighted by Gasteiger charge is 2.25. The lowest BCUT2D eigenvalue weighted by atomic mass is 10.1. The molecule has 0 aromatic heterocycles. The van der Waals surface area contributed by atoms with Crippen molar-refractivity contribution in [1.82, 2.24) is 4.90 Å². The summed E-state index contributed by atoms with van der Waals surface area (Å²) in [6, 6.07) is 2.40. The number of rotatable bonds is 4. The molecule has 112 valence electrons. The summed E-state index contributed by atoms with van der Waals surface area (Å²) in [6.45, 7) is 5.97. The zero-order valence-electron chi connectivity index (χ0n) is 11.2. The maximum atomic E-state index is 12.4. The average Bonchev–Trinajstić information content (AvgIpc) is 2.30. The van der Waals surface area contributed by atoms with Crippen LogP contribution in [0.4, 0.5) is 0 Å². The second-order valence-corrected chi connectivity index (χ2v) is 7.74. The van der Waals surface area contributed by atoms with Gasteiger partial charge in [0.1, 0.15) is 4.90 Å². The van der Waals surface area contributed by atoms with Crippen molar-refractivity contribution in [2.75, 3.05) is 6.54 Å². The van der Waals surface area contributed by atoms with Crippen molar-refractivity contribution < 1.29 is 13.2 Å². The van der Waals surface area contributed by atoms with Gasteiger partial charge in [-0.3, -0.25) is 4.79 Å². The van der Waals surface area contributed by atoms with E-state index in [0.717, 1.165) is 6.07 Å². The Balaban J connectivity index is 3.47. The molecule has 0 saturated heterocycles. The zero-order chi connectivity index (χ0) is 15.7. The largest absolute Gasteiger partial charge is 0.336 e. The molecule has 1 amide bonds. The first-order chi connectivity index (χ1) is 9.09. The molecule has 0 saturated carbocycles. The van der Waals surface area contributed by atoms with Crippen LogP contribution < -0.4 is 0 Å². The van der Waals surface area contributed by atoms with Crippen LogP contribution in [0.25, 0.3) is 0 Å². The molecule has 0 radical (unpaired) electrons. The Kier molecular flexibility index (Phi) is 5.72. The predicted octanol–water partition coefficient (Wildman–Crippen LogP) is 3.79. The fourth-order valence-electron chi connectivity index (χ4n) is 1.80. The topological polar surface area (TPSA) is 54.5 Å². The monoisotopic (exact) mass is 357 g/mol. The number of amides is 1. The molecule has 0 fully saturated rings. The first-order valence-electron chi connectivity index (χ1n) is 5.84. The van der Waals surface area contributed by atoms with Crippen molar-refractivity contribution in [3.63, 3.8) is 0 Å². The lowest BCUT2D eigenvalue weighted by Gasteiger charge is -2.26. The molecule has 0 atom stereocenters. The highest BCUT2D eigenvalue weighted by atomic mass is 35.7. The van der Waals surface area contributed by atoms with E-state index >= 15 is 0 Å². The van der Waals surface area contributed by atoms with Gasteiger partial charge >= 0.3 is 0 Å². The van der Waals surface area contributed by atoms with E-state index < -0.39 is 15.0 Å². The van der Waals surface area contributed by atoms with E-state index in [0.29, 0.717) is 6.54 Å². The van der Waals surface area contributed by atoms with Crippen LogP contribution in [0.5, 0.6) is 0 Å². The number of hydrogen-bond acceptors (Lipinski definition) is 3. The molecule has 0 heterocycles. The highest BCUT2D eigenvalue weighted by molar-refractivity contribution is 8.13. The zero-order valence-corrected chi connectivity index (χ0v) is 14.2. The maximum Gasteiger partial charge on any atom is 0.262 e. The van der Waals surface area contributed by atoms with Crippen LogP contribution in [0, 0.1) is 0 Å². The van der Waals surface area contributed by atoms with Crippen LogP contribution in [0.15, 0.2) is 17.0 Å². The fraction of sp³-hybridized carbons (Fsp3) is 0.417. The van der Waals surface area contributed by atoms with Crippen LogP contribution in [-0.4, -0.2) is 31.8 Å². The van der Waals surface area contributed by atoms with Gasteiger partial charge in [0, 0.05) is 28.3 Å². The molecule has 0 aliphatic carbocycles. The molecular formula is C12H14Cl3NO3S. The Morgan fingerprint density at radius 2 is 1.85 bits per heavy atom. The molecular weight excluding hydrogens is 345 g/mol. The second kappa shape index (κ2) is 6.52. The molecule has 1 rings (SSSR count). The van der Waals surface area contributed by atoms with Gasteiger partial charge in [-0.15, -0.1) is 0 Å². The molecule has 8 heteroatoms. The van der Waals surface area contributed by atoms with E-state index in [9.17, 15) is 13.2 Å². The minimum absolute atomic E-state index is 0.0222. The molecule has 1 aromatic rings. The van der Waals surface area contributed by atoms with E-state index in [-0.39, 0.29) is 26.5 Å². The first-order valence-corrected chi connectivity index (χ1v) is 8.90. The van der Waals surface area contributed by atoms with Gasteiger partial charge in [0.05, 0.1) is 10.6 Å². The van der Waals surface area contributed by atoms with Crippen LogP contribution in [-0.2, 0) is 9.05 Å². The molecule has 0 aliphatic rings. The highest BCUT2D eigenvalue weighted by Crippen LogP contribution is 2.32. The van der Waals surface area contributed by atoms with Gasteiger partial charge in [-0.05, 0) is 32.9 Å². The van der Waals surface area contributed by atoms with Gasteiger partial charge in [0.2, 0.25) is 0 Å². The standard InChI is InChI=1S/C12H14Cl3NO3S/c1-4-16(7(2)3)12(17)9-5-8(13)6-10(11(9)14)20(15,18)19/h5-7H,4H2,1-3H3. The molecule has 1 aromatic carbocycles. The maximum absolute atomic E-state index is 12.4. The third kappa shape index (κ3) is 3.79. The molecule has 0 N–H and O–H groups in total. The van der Waals surface area contributed by atoms with Gasteiger partial charge in [0.15, 0.2) is 0 Å². The van der Waals surface area contributed by atoms with Gasteiger partial charge < -0.3 is 4.90 Å². The molecule has 0 bridgehead atoms. The fourth-order valence-corrected chi connectivity index (χ4v) is 3.65. The number of hydrogen-bond donors (Lipinski definition) is 0. The molecule has 20 heavy (non-hydrogen) atoms. The average molecular weight is 359 g/mol. The summed E-state index contributed by atoms with van der Waals surface area (Å²) in [5, 5.41) is -0.134. The van der Waals surface area contributed by atoms with E-state index in [1.54, 1.807) is 4.90 Å². The number of halogens is 3. The molecule has 0 unspecified atom stereocenters. The van der Waals surface area contributed by atoms with Crippen molar-refractivity contribution in [2.24, 2.45) is 0 Å². The number of carbonyl (C=O) groups excluding carboxylic acids is 1. The number of carbonyl (C=O) groups is 1. The third-order valence-corrected chi connectivity index (χ3v) is 4.81. The van der Waals surface area contributed by atoms with Crippen molar-refractivity contribution in [3.05, 3.63) is 27.7 Å². The predicted molar refractivity (Wildman–Crippen MR) is 81.3 cm³/mol. The summed E-state index contributed by atoms with van der Waals surface area (Å²) in [7, 11) is 1.21. The van der Waals surface area contributed by atoms with Crippen molar-refractivity contribution in [1.29, 1.82) is 0 Å². The number of nitrogens with zero attached hydrogens (tertiary/aromatic N) is 1. The minimum Gasteiger partial charge on any atom is -0.336 e. The summed E-state index contributed by atoms with van der Waals surface area (Å²) in [6.07, 6.45) is 0. The van der Waals surface area contributed by atoms with Crippen molar-refractivity contribution in [3.8, 4) is 0 Å². The molecule has 0 aliphatic heterocycles. The van der Waals surface area contributed by atoms with E-state index in [1.807, 2.05) is 20.8 Å². The summed E-state index contributed by atoms with van der Waals surface area (Å²) < 4.78 is 22.9. The van der Waals surface area contributed by atoms with Crippen molar-refractivity contribution in [2.45, 2.75) is 31.7 Å². The normalized spacial score (nSPS) is 11.8. The van der Waals surface area contributed by atoms with Crippen molar-refractivity contribution >= 4 is 48.8 Å². The van der Waals surface area contributed by atoms with Crippen LogP contribution in [0.1, 0.15) is 31.1 Å². The van der Waals surface area contributed by atoms with Gasteiger partial charge in [-0.2, -0.15) is 0 Å². The third-order valence-electron chi connectivity index (χ3n) is 2.72. The summed E-state index contributed by atoms with van der Waals surface area (Å²) in [4.78, 5) is 13.6. The summed E-state index contributed by atoms with van der Waals surface area (Å²) in [5.41, 5.74) is 0.0222. The number of benzene rings is 1. The summed E-state index contributed by atoms with van der Waals surface area (Å²) >= 11 is 11.8. The van der Waals surface area contributed by atoms with E-state index in [1.165, 1.54) is 6.07 Å². The van der Waals surface area contributed by atoms with Crippen LogP contribution >= 0.6 is 33.9 Å². The Morgan fingerprint density at radius 1 is 1.30 bits per heavy atom. The SMILES string of the molecule is CCN(C(=O)c1cc(Cl)cc(S(=O)(=O)Cl)c1Cl)C(C)C. The summed E-state index contributed by atoms with van der Waals surface area (Å²) in [5.74, 6) is -0.392. The van der Waals surface area contributed by atoms with Gasteiger partial charge in [-0.1, -0.05) is 23.2 Å². The lowest BCUT2D eigenvalue weighted by Crippen LogP contribution is -2.36. The van der Waals surface area contributed by atoms with Crippen LogP contribution in [0.2, 0.25) is 10.0 Å². The lowest BCUT2D eigenvalue weighted by molar-refractivity contribution is 0.0717. The van der Waals surface area contributed by atoms with Crippen LogP contribution in [0.3, 0.4) is 0 Å². The Hall–Kier alpha value is -0.490. The Labute approximate surface area is 133 Å². The van der Waals surface area contributed by atoms with E-state index in [2.05, 4.69) is 0 Å². The smallest absolute Gasteiger partial charge is 0.262 e. The minimum atomic E-state index is -4.08. The molecule has 4 nitrogen and oxygen atoms in total. The Bertz CT molecular complexity index is 629. The Morgan fingerprint density at radius 3 is 2.25 bits per heavy atom.